The Labute approximate surface area is 143 Å². The van der Waals surface area contributed by atoms with Crippen molar-refractivity contribution in [3.63, 3.8) is 0 Å². The zero-order chi connectivity index (χ0) is 17.1. The van der Waals surface area contributed by atoms with Crippen LogP contribution in [-0.2, 0) is 0 Å². The second-order valence-electron chi connectivity index (χ2n) is 5.92. The van der Waals surface area contributed by atoms with Gasteiger partial charge in [-0.3, -0.25) is 4.98 Å². The fraction of sp³-hybridized carbons (Fsp3) is 0.312. The van der Waals surface area contributed by atoms with Gasteiger partial charge >= 0.3 is 6.03 Å². The first-order valence-electron chi connectivity index (χ1n) is 8.17. The molecular weight excluding hydrogens is 320 g/mol. The zero-order valence-electron chi connectivity index (χ0n) is 13.5. The number of piperidine rings is 1. The van der Waals surface area contributed by atoms with E-state index in [4.69, 9.17) is 0 Å². The van der Waals surface area contributed by atoms with Crippen molar-refractivity contribution in [2.45, 2.75) is 18.9 Å². The molecule has 0 saturated carbocycles. The van der Waals surface area contributed by atoms with Crippen molar-refractivity contribution in [1.29, 1.82) is 0 Å². The fourth-order valence-corrected chi connectivity index (χ4v) is 3.02. The molecule has 1 fully saturated rings. The minimum atomic E-state index is -0.228. The largest absolute Gasteiger partial charge is 0.355 e. The standard InChI is InChI=1S/C16H18N8O/c25-16(20-12-2-1-3-13-15(12)22-23-21-13)19-11-4-8-24(9-5-11)14-10-17-6-7-18-14/h1-3,6-7,10-11H,4-5,8-9H2,(H2,19,20,25)(H,21,22,23). The molecule has 0 spiro atoms. The monoisotopic (exact) mass is 338 g/mol. The number of para-hydroxylation sites is 1. The number of hydrogen-bond acceptors (Lipinski definition) is 6. The highest BCUT2D eigenvalue weighted by atomic mass is 16.2. The molecule has 1 saturated heterocycles. The Balaban J connectivity index is 1.33. The molecule has 1 aromatic carbocycles. The first-order chi connectivity index (χ1) is 12.3. The molecule has 2 amide bonds. The average Bonchev–Trinajstić information content (AvgIpc) is 3.13. The van der Waals surface area contributed by atoms with Crippen molar-refractivity contribution in [2.24, 2.45) is 0 Å². The van der Waals surface area contributed by atoms with E-state index in [0.29, 0.717) is 11.2 Å². The molecule has 0 unspecified atom stereocenters. The summed E-state index contributed by atoms with van der Waals surface area (Å²) in [6, 6.07) is 5.38. The highest BCUT2D eigenvalue weighted by Gasteiger charge is 2.22. The molecule has 3 aromatic rings. The molecule has 9 heteroatoms. The quantitative estimate of drug-likeness (QED) is 0.668. The third-order valence-corrected chi connectivity index (χ3v) is 4.30. The van der Waals surface area contributed by atoms with Gasteiger partial charge in [0.05, 0.1) is 11.9 Å². The summed E-state index contributed by atoms with van der Waals surface area (Å²) in [7, 11) is 0. The predicted octanol–water partition coefficient (Wildman–Crippen LogP) is 1.54. The summed E-state index contributed by atoms with van der Waals surface area (Å²) in [6.45, 7) is 1.67. The second-order valence-corrected chi connectivity index (χ2v) is 5.92. The van der Waals surface area contributed by atoms with Gasteiger partial charge in [-0.2, -0.15) is 15.4 Å². The normalized spacial score (nSPS) is 15.3. The van der Waals surface area contributed by atoms with Crippen LogP contribution in [0.4, 0.5) is 16.3 Å². The third-order valence-electron chi connectivity index (χ3n) is 4.30. The molecule has 4 rings (SSSR count). The predicted molar refractivity (Wildman–Crippen MR) is 93.3 cm³/mol. The first-order valence-corrected chi connectivity index (χ1v) is 8.17. The van der Waals surface area contributed by atoms with Gasteiger partial charge in [0.1, 0.15) is 16.9 Å². The van der Waals surface area contributed by atoms with Crippen LogP contribution in [-0.4, -0.2) is 50.5 Å². The summed E-state index contributed by atoms with van der Waals surface area (Å²) in [6.07, 6.45) is 6.84. The molecule has 0 atom stereocenters. The number of benzene rings is 1. The van der Waals surface area contributed by atoms with Crippen LogP contribution in [0.1, 0.15) is 12.8 Å². The number of rotatable bonds is 3. The number of nitrogens with one attached hydrogen (secondary N) is 3. The summed E-state index contributed by atoms with van der Waals surface area (Å²) in [5.74, 6) is 0.878. The van der Waals surface area contributed by atoms with Gasteiger partial charge in [0.15, 0.2) is 0 Å². The van der Waals surface area contributed by atoms with Gasteiger partial charge in [-0.05, 0) is 25.0 Å². The molecule has 9 nitrogen and oxygen atoms in total. The first kappa shape index (κ1) is 15.3. The Morgan fingerprint density at radius 2 is 2.08 bits per heavy atom. The number of fused-ring (bicyclic) bond motifs is 1. The topological polar surface area (TPSA) is 112 Å². The van der Waals surface area contributed by atoms with E-state index in [9.17, 15) is 4.79 Å². The van der Waals surface area contributed by atoms with E-state index in [1.165, 1.54) is 0 Å². The Kier molecular flexibility index (Phi) is 4.11. The summed E-state index contributed by atoms with van der Waals surface area (Å²) >= 11 is 0. The minimum absolute atomic E-state index is 0.129. The highest BCUT2D eigenvalue weighted by molar-refractivity contribution is 5.98. The van der Waals surface area contributed by atoms with Crippen LogP contribution in [0.2, 0.25) is 0 Å². The van der Waals surface area contributed by atoms with E-state index < -0.39 is 0 Å². The highest BCUT2D eigenvalue weighted by Crippen LogP contribution is 2.19. The second kappa shape index (κ2) is 6.71. The van der Waals surface area contributed by atoms with E-state index in [-0.39, 0.29) is 12.1 Å². The number of aromatic amines is 1. The maximum absolute atomic E-state index is 12.3. The summed E-state index contributed by atoms with van der Waals surface area (Å²) in [5, 5.41) is 16.5. The molecule has 25 heavy (non-hydrogen) atoms. The van der Waals surface area contributed by atoms with Gasteiger partial charge < -0.3 is 15.5 Å². The van der Waals surface area contributed by atoms with Crippen LogP contribution >= 0.6 is 0 Å². The number of aromatic nitrogens is 5. The molecule has 1 aliphatic rings. The van der Waals surface area contributed by atoms with Gasteiger partial charge in [-0.1, -0.05) is 6.07 Å². The number of H-pyrrole nitrogens is 1. The van der Waals surface area contributed by atoms with Crippen LogP contribution in [0.5, 0.6) is 0 Å². The lowest BCUT2D eigenvalue weighted by atomic mass is 10.1. The van der Waals surface area contributed by atoms with Crippen LogP contribution in [0.3, 0.4) is 0 Å². The maximum atomic E-state index is 12.3. The van der Waals surface area contributed by atoms with Crippen LogP contribution in [0.15, 0.2) is 36.8 Å². The van der Waals surface area contributed by atoms with E-state index in [1.54, 1.807) is 24.7 Å². The van der Waals surface area contributed by atoms with Gasteiger partial charge in [-0.15, -0.1) is 0 Å². The summed E-state index contributed by atoms with van der Waals surface area (Å²) in [5.41, 5.74) is 2.01. The van der Waals surface area contributed by atoms with Crippen molar-refractivity contribution in [3.05, 3.63) is 36.8 Å². The van der Waals surface area contributed by atoms with Crippen molar-refractivity contribution in [3.8, 4) is 0 Å². The maximum Gasteiger partial charge on any atom is 0.319 e. The zero-order valence-corrected chi connectivity index (χ0v) is 13.5. The number of urea groups is 1. The van der Waals surface area contributed by atoms with Crippen molar-refractivity contribution < 1.29 is 4.79 Å². The van der Waals surface area contributed by atoms with E-state index >= 15 is 0 Å². The molecule has 3 N–H and O–H groups in total. The molecule has 0 bridgehead atoms. The van der Waals surface area contributed by atoms with Crippen molar-refractivity contribution >= 4 is 28.6 Å². The molecule has 3 heterocycles. The van der Waals surface area contributed by atoms with Gasteiger partial charge in [-0.25, -0.2) is 9.78 Å². The Morgan fingerprint density at radius 3 is 2.88 bits per heavy atom. The number of hydrogen-bond donors (Lipinski definition) is 3. The van der Waals surface area contributed by atoms with E-state index in [2.05, 4.69) is 40.9 Å². The Morgan fingerprint density at radius 1 is 1.20 bits per heavy atom. The SMILES string of the molecule is O=C(Nc1cccc2n[nH]nc12)NC1CCN(c2cnccn2)CC1. The van der Waals surface area contributed by atoms with Crippen LogP contribution in [0, 0.1) is 0 Å². The molecule has 128 valence electrons. The molecule has 1 aliphatic heterocycles. The van der Waals surface area contributed by atoms with E-state index in [0.717, 1.165) is 37.3 Å². The summed E-state index contributed by atoms with van der Waals surface area (Å²) in [4.78, 5) is 22.9. The van der Waals surface area contributed by atoms with Crippen molar-refractivity contribution in [2.75, 3.05) is 23.3 Å². The molecule has 0 radical (unpaired) electrons. The molecular formula is C16H18N8O. The minimum Gasteiger partial charge on any atom is -0.355 e. The van der Waals surface area contributed by atoms with Crippen LogP contribution in [0.25, 0.3) is 11.0 Å². The lowest BCUT2D eigenvalue weighted by Gasteiger charge is -2.32. The molecule has 0 aliphatic carbocycles. The number of anilines is 2. The van der Waals surface area contributed by atoms with Gasteiger partial charge in [0.2, 0.25) is 0 Å². The Hall–Kier alpha value is -3.23. The average molecular weight is 338 g/mol. The third kappa shape index (κ3) is 3.35. The smallest absolute Gasteiger partial charge is 0.319 e. The fourth-order valence-electron chi connectivity index (χ4n) is 3.02. The number of nitrogens with zero attached hydrogens (tertiary/aromatic N) is 5. The number of carbonyl (C=O) groups is 1. The van der Waals surface area contributed by atoms with Gasteiger partial charge in [0.25, 0.3) is 0 Å². The van der Waals surface area contributed by atoms with E-state index in [1.807, 2.05) is 12.1 Å². The lowest BCUT2D eigenvalue weighted by molar-refractivity contribution is 0.246. The Bertz CT molecular complexity index is 857. The number of amides is 2. The lowest BCUT2D eigenvalue weighted by Crippen LogP contribution is -2.46. The van der Waals surface area contributed by atoms with Gasteiger partial charge in [0, 0.05) is 31.5 Å². The van der Waals surface area contributed by atoms with Crippen LogP contribution < -0.4 is 15.5 Å². The molecule has 2 aromatic heterocycles. The summed E-state index contributed by atoms with van der Waals surface area (Å²) < 4.78 is 0. The number of carbonyl (C=O) groups excluding carboxylic acids is 1. The van der Waals surface area contributed by atoms with Crippen molar-refractivity contribution in [1.82, 2.24) is 30.7 Å².